The second-order valence-corrected chi connectivity index (χ2v) is 6.75. The molecule has 0 saturated carbocycles. The van der Waals surface area contributed by atoms with Crippen molar-refractivity contribution in [2.75, 3.05) is 39.9 Å². The lowest BCUT2D eigenvalue weighted by atomic mass is 9.98. The number of para-hydroxylation sites is 1. The number of ether oxygens (including phenoxy) is 2. The molecular weight excluding hydrogens is 328 g/mol. The summed E-state index contributed by atoms with van der Waals surface area (Å²) in [5, 5.41) is 0. The summed E-state index contributed by atoms with van der Waals surface area (Å²) in [6.45, 7) is 4.04. The van der Waals surface area contributed by atoms with Crippen molar-refractivity contribution in [3.63, 3.8) is 0 Å². The van der Waals surface area contributed by atoms with Gasteiger partial charge < -0.3 is 14.4 Å². The molecule has 0 radical (unpaired) electrons. The minimum Gasteiger partial charge on any atom is -0.497 e. The van der Waals surface area contributed by atoms with Gasteiger partial charge in [-0.15, -0.1) is 0 Å². The molecule has 4 rings (SSSR count). The van der Waals surface area contributed by atoms with Crippen molar-refractivity contribution >= 4 is 5.91 Å². The highest BCUT2D eigenvalue weighted by Gasteiger charge is 2.30. The average molecular weight is 352 g/mol. The number of amides is 1. The lowest BCUT2D eigenvalue weighted by molar-refractivity contribution is 0.0510. The van der Waals surface area contributed by atoms with Crippen molar-refractivity contribution in [1.29, 1.82) is 0 Å². The predicted octanol–water partition coefficient (Wildman–Crippen LogP) is 2.98. The van der Waals surface area contributed by atoms with Crippen molar-refractivity contribution in [3.05, 3.63) is 59.7 Å². The van der Waals surface area contributed by atoms with Gasteiger partial charge in [0.1, 0.15) is 11.5 Å². The van der Waals surface area contributed by atoms with Crippen LogP contribution in [0.1, 0.15) is 28.4 Å². The molecule has 2 aromatic carbocycles. The monoisotopic (exact) mass is 352 g/mol. The molecule has 1 saturated heterocycles. The molecular formula is C21H24N2O3. The number of hydrogen-bond acceptors (Lipinski definition) is 4. The van der Waals surface area contributed by atoms with E-state index < -0.39 is 0 Å². The smallest absolute Gasteiger partial charge is 0.253 e. The summed E-state index contributed by atoms with van der Waals surface area (Å²) in [4.78, 5) is 17.2. The Morgan fingerprint density at radius 3 is 2.50 bits per heavy atom. The van der Waals surface area contributed by atoms with Crippen molar-refractivity contribution in [1.82, 2.24) is 9.80 Å². The minimum atomic E-state index is 0.0969. The molecule has 0 bridgehead atoms. The number of rotatable bonds is 3. The molecule has 2 aromatic rings. The number of nitrogens with zero attached hydrogens (tertiary/aromatic N) is 2. The van der Waals surface area contributed by atoms with Crippen LogP contribution in [0.5, 0.6) is 11.5 Å². The van der Waals surface area contributed by atoms with Crippen LogP contribution >= 0.6 is 0 Å². The first-order valence-electron chi connectivity index (χ1n) is 9.15. The third-order valence-corrected chi connectivity index (χ3v) is 5.31. The summed E-state index contributed by atoms with van der Waals surface area (Å²) in [7, 11) is 1.63. The Balaban J connectivity index is 1.40. The molecule has 2 heterocycles. The highest BCUT2D eigenvalue weighted by molar-refractivity contribution is 5.94. The summed E-state index contributed by atoms with van der Waals surface area (Å²) in [5.74, 6) is 1.87. The Labute approximate surface area is 154 Å². The number of fused-ring (bicyclic) bond motifs is 1. The van der Waals surface area contributed by atoms with E-state index in [9.17, 15) is 4.79 Å². The maximum Gasteiger partial charge on any atom is 0.253 e. The van der Waals surface area contributed by atoms with Crippen molar-refractivity contribution in [2.45, 2.75) is 12.5 Å². The number of carbonyl (C=O) groups is 1. The first-order valence-corrected chi connectivity index (χ1v) is 9.15. The van der Waals surface area contributed by atoms with Gasteiger partial charge in [-0.05, 0) is 30.3 Å². The Morgan fingerprint density at radius 2 is 1.77 bits per heavy atom. The zero-order valence-corrected chi connectivity index (χ0v) is 15.1. The van der Waals surface area contributed by atoms with Crippen LogP contribution in [0.4, 0.5) is 0 Å². The number of piperazine rings is 1. The van der Waals surface area contributed by atoms with Crippen LogP contribution in [0.25, 0.3) is 0 Å². The molecule has 2 aliphatic rings. The Bertz CT molecular complexity index is 767. The molecule has 1 fully saturated rings. The van der Waals surface area contributed by atoms with Gasteiger partial charge in [-0.3, -0.25) is 9.69 Å². The number of hydrogen-bond donors (Lipinski definition) is 0. The first kappa shape index (κ1) is 16.9. The van der Waals surface area contributed by atoms with Crippen LogP contribution in [-0.2, 0) is 0 Å². The average Bonchev–Trinajstić information content (AvgIpc) is 2.73. The molecule has 136 valence electrons. The fourth-order valence-electron chi connectivity index (χ4n) is 3.86. The normalized spacial score (nSPS) is 20.2. The minimum absolute atomic E-state index is 0.0969. The zero-order valence-electron chi connectivity index (χ0n) is 15.1. The largest absolute Gasteiger partial charge is 0.497 e. The van der Waals surface area contributed by atoms with E-state index in [1.54, 1.807) is 7.11 Å². The van der Waals surface area contributed by atoms with E-state index in [-0.39, 0.29) is 5.91 Å². The summed E-state index contributed by atoms with van der Waals surface area (Å²) < 4.78 is 10.9. The van der Waals surface area contributed by atoms with Crippen LogP contribution in [0.3, 0.4) is 0 Å². The molecule has 1 amide bonds. The van der Waals surface area contributed by atoms with Crippen LogP contribution in [-0.4, -0.2) is 55.6 Å². The molecule has 0 aliphatic carbocycles. The van der Waals surface area contributed by atoms with E-state index in [0.29, 0.717) is 6.04 Å². The second kappa shape index (κ2) is 7.38. The molecule has 26 heavy (non-hydrogen) atoms. The fourth-order valence-corrected chi connectivity index (χ4v) is 3.86. The van der Waals surface area contributed by atoms with Gasteiger partial charge in [0.25, 0.3) is 5.91 Å². The summed E-state index contributed by atoms with van der Waals surface area (Å²) >= 11 is 0. The molecule has 1 atom stereocenters. The third-order valence-electron chi connectivity index (χ3n) is 5.31. The van der Waals surface area contributed by atoms with E-state index in [2.05, 4.69) is 17.0 Å². The first-order chi connectivity index (χ1) is 12.8. The van der Waals surface area contributed by atoms with Crippen LogP contribution in [0.15, 0.2) is 48.5 Å². The molecule has 5 heteroatoms. The quantitative estimate of drug-likeness (QED) is 0.852. The van der Waals surface area contributed by atoms with Gasteiger partial charge in [-0.25, -0.2) is 0 Å². The van der Waals surface area contributed by atoms with Gasteiger partial charge in [-0.1, -0.05) is 18.2 Å². The topological polar surface area (TPSA) is 42.0 Å². The second-order valence-electron chi connectivity index (χ2n) is 6.75. The van der Waals surface area contributed by atoms with Gasteiger partial charge in [-0.2, -0.15) is 0 Å². The molecule has 1 unspecified atom stereocenters. The zero-order chi connectivity index (χ0) is 17.9. The van der Waals surface area contributed by atoms with Gasteiger partial charge in [0.2, 0.25) is 0 Å². The summed E-state index contributed by atoms with van der Waals surface area (Å²) in [6, 6.07) is 16.0. The van der Waals surface area contributed by atoms with Crippen molar-refractivity contribution < 1.29 is 14.3 Å². The van der Waals surface area contributed by atoms with Gasteiger partial charge in [0.15, 0.2) is 0 Å². The SMILES string of the molecule is COc1ccc(C(=O)N2CCN(C3CCOc4ccccc43)CC2)cc1. The van der Waals surface area contributed by atoms with Gasteiger partial charge >= 0.3 is 0 Å². The lowest BCUT2D eigenvalue weighted by Crippen LogP contribution is -2.50. The maximum absolute atomic E-state index is 12.7. The van der Waals surface area contributed by atoms with E-state index >= 15 is 0 Å². The Hall–Kier alpha value is -2.53. The predicted molar refractivity (Wildman–Crippen MR) is 99.8 cm³/mol. The Kier molecular flexibility index (Phi) is 4.80. The molecule has 0 N–H and O–H groups in total. The van der Waals surface area contributed by atoms with Crippen LogP contribution < -0.4 is 9.47 Å². The standard InChI is InChI=1S/C21H24N2O3/c1-25-17-8-6-16(7-9-17)21(24)23-13-11-22(12-14-23)19-10-15-26-20-5-3-2-4-18(19)20/h2-9,19H,10-15H2,1H3. The lowest BCUT2D eigenvalue weighted by Gasteiger charge is -2.41. The summed E-state index contributed by atoms with van der Waals surface area (Å²) in [5.41, 5.74) is 1.99. The molecule has 5 nitrogen and oxygen atoms in total. The highest BCUT2D eigenvalue weighted by Crippen LogP contribution is 2.36. The number of benzene rings is 2. The third kappa shape index (κ3) is 3.27. The van der Waals surface area contributed by atoms with Crippen LogP contribution in [0, 0.1) is 0 Å². The number of carbonyl (C=O) groups excluding carboxylic acids is 1. The Morgan fingerprint density at radius 1 is 1.04 bits per heavy atom. The van der Waals surface area contributed by atoms with Crippen LogP contribution in [0.2, 0.25) is 0 Å². The van der Waals surface area contributed by atoms with E-state index in [0.717, 1.165) is 56.3 Å². The molecule has 0 aromatic heterocycles. The number of methoxy groups -OCH3 is 1. The van der Waals surface area contributed by atoms with Gasteiger partial charge in [0, 0.05) is 49.8 Å². The fraction of sp³-hybridized carbons (Fsp3) is 0.381. The van der Waals surface area contributed by atoms with Crippen molar-refractivity contribution in [3.8, 4) is 11.5 Å². The summed E-state index contributed by atoms with van der Waals surface area (Å²) in [6.07, 6.45) is 1.00. The van der Waals surface area contributed by atoms with E-state index in [4.69, 9.17) is 9.47 Å². The van der Waals surface area contributed by atoms with E-state index in [1.165, 1.54) is 5.56 Å². The molecule has 0 spiro atoms. The molecule has 2 aliphatic heterocycles. The van der Waals surface area contributed by atoms with Crippen molar-refractivity contribution in [2.24, 2.45) is 0 Å². The maximum atomic E-state index is 12.7. The van der Waals surface area contributed by atoms with E-state index in [1.807, 2.05) is 41.3 Å². The van der Waals surface area contributed by atoms with Gasteiger partial charge in [0.05, 0.1) is 13.7 Å². The highest BCUT2D eigenvalue weighted by atomic mass is 16.5.